The van der Waals surface area contributed by atoms with Crippen molar-refractivity contribution < 1.29 is 27.9 Å². The lowest BCUT2D eigenvalue weighted by Crippen LogP contribution is -2.50. The van der Waals surface area contributed by atoms with Crippen LogP contribution in [0.5, 0.6) is 0 Å². The van der Waals surface area contributed by atoms with E-state index >= 15 is 0 Å². The standard InChI is InChI=1S/C20H22F3N5O3/c1-9(25-20(30)31)16(10-3-2-4-10)27-19-15(23)8-12(17(24)29)18(28-19)26-11-5-6-13(21)14(22)7-11/h5-10,16,25H,2-4H2,1H3,(H2,24,29)(H,30,31)(H2,26,27,28)/t9-,16+/m0/s1. The molecule has 8 nitrogen and oxygen atoms in total. The summed E-state index contributed by atoms with van der Waals surface area (Å²) in [6.45, 7) is 1.65. The molecule has 0 unspecified atom stereocenters. The molecule has 1 aromatic carbocycles. The fraction of sp³-hybridized carbons (Fsp3) is 0.350. The summed E-state index contributed by atoms with van der Waals surface area (Å²) in [6, 6.07) is 2.83. The second-order valence-electron chi connectivity index (χ2n) is 7.43. The molecule has 1 aromatic heterocycles. The fourth-order valence-electron chi connectivity index (χ4n) is 3.48. The van der Waals surface area contributed by atoms with Crippen molar-refractivity contribution in [1.29, 1.82) is 0 Å². The molecule has 0 spiro atoms. The number of carboxylic acid groups (broad SMARTS) is 1. The molecule has 2 atom stereocenters. The number of hydrogen-bond acceptors (Lipinski definition) is 5. The maximum atomic E-state index is 14.7. The summed E-state index contributed by atoms with van der Waals surface area (Å²) in [7, 11) is 0. The van der Waals surface area contributed by atoms with Crippen molar-refractivity contribution in [2.45, 2.75) is 38.3 Å². The Morgan fingerprint density at radius 2 is 1.84 bits per heavy atom. The lowest BCUT2D eigenvalue weighted by Gasteiger charge is -2.38. The summed E-state index contributed by atoms with van der Waals surface area (Å²) in [5, 5.41) is 17.0. The number of amides is 2. The molecule has 166 valence electrons. The lowest BCUT2D eigenvalue weighted by atomic mass is 9.77. The van der Waals surface area contributed by atoms with Gasteiger partial charge >= 0.3 is 6.09 Å². The summed E-state index contributed by atoms with van der Waals surface area (Å²) in [5.74, 6) is -4.31. The van der Waals surface area contributed by atoms with Crippen molar-refractivity contribution in [1.82, 2.24) is 10.3 Å². The van der Waals surface area contributed by atoms with Crippen LogP contribution in [0, 0.1) is 23.4 Å². The van der Waals surface area contributed by atoms with Crippen molar-refractivity contribution in [3.8, 4) is 0 Å². The highest BCUT2D eigenvalue weighted by Crippen LogP contribution is 2.34. The van der Waals surface area contributed by atoms with Crippen LogP contribution < -0.4 is 21.7 Å². The number of nitrogens with zero attached hydrogens (tertiary/aromatic N) is 1. The quantitative estimate of drug-likeness (QED) is 0.429. The van der Waals surface area contributed by atoms with Crippen LogP contribution in [0.2, 0.25) is 0 Å². The minimum atomic E-state index is -1.21. The number of hydrogen-bond donors (Lipinski definition) is 5. The summed E-state index contributed by atoms with van der Waals surface area (Å²) in [6.07, 6.45) is 1.44. The van der Waals surface area contributed by atoms with Gasteiger partial charge in [-0.1, -0.05) is 6.42 Å². The molecule has 1 fully saturated rings. The van der Waals surface area contributed by atoms with E-state index in [0.29, 0.717) is 0 Å². The Kier molecular flexibility index (Phi) is 6.52. The van der Waals surface area contributed by atoms with E-state index in [0.717, 1.165) is 37.5 Å². The monoisotopic (exact) mass is 437 g/mol. The van der Waals surface area contributed by atoms with Gasteiger partial charge in [-0.25, -0.2) is 22.9 Å². The number of carbonyl (C=O) groups is 2. The number of primary amides is 1. The van der Waals surface area contributed by atoms with E-state index in [1.54, 1.807) is 6.92 Å². The second kappa shape index (κ2) is 9.11. The molecule has 2 amide bonds. The highest BCUT2D eigenvalue weighted by molar-refractivity contribution is 5.98. The number of anilines is 3. The summed E-state index contributed by atoms with van der Waals surface area (Å²) < 4.78 is 41.4. The molecule has 31 heavy (non-hydrogen) atoms. The molecule has 6 N–H and O–H groups in total. The van der Waals surface area contributed by atoms with Crippen LogP contribution in [0.15, 0.2) is 24.3 Å². The van der Waals surface area contributed by atoms with E-state index < -0.39 is 41.5 Å². The molecule has 1 saturated carbocycles. The maximum Gasteiger partial charge on any atom is 0.404 e. The van der Waals surface area contributed by atoms with Crippen LogP contribution in [0.4, 0.5) is 35.3 Å². The number of rotatable bonds is 8. The average Bonchev–Trinajstić information content (AvgIpc) is 2.64. The van der Waals surface area contributed by atoms with E-state index in [-0.39, 0.29) is 28.8 Å². The van der Waals surface area contributed by atoms with E-state index in [1.807, 2.05) is 0 Å². The minimum absolute atomic E-state index is 0.0721. The van der Waals surface area contributed by atoms with E-state index in [2.05, 4.69) is 20.9 Å². The average molecular weight is 437 g/mol. The van der Waals surface area contributed by atoms with Crippen LogP contribution >= 0.6 is 0 Å². The number of nitrogens with one attached hydrogen (secondary N) is 3. The molecular weight excluding hydrogens is 415 g/mol. The highest BCUT2D eigenvalue weighted by Gasteiger charge is 2.33. The highest BCUT2D eigenvalue weighted by atomic mass is 19.2. The van der Waals surface area contributed by atoms with E-state index in [4.69, 9.17) is 10.8 Å². The zero-order valence-corrected chi connectivity index (χ0v) is 16.6. The normalized spacial score (nSPS) is 15.5. The zero-order valence-electron chi connectivity index (χ0n) is 16.6. The first kappa shape index (κ1) is 22.2. The van der Waals surface area contributed by atoms with Gasteiger partial charge in [0.05, 0.1) is 11.6 Å². The Morgan fingerprint density at radius 3 is 2.39 bits per heavy atom. The van der Waals surface area contributed by atoms with Crippen LogP contribution in [0.1, 0.15) is 36.5 Å². The molecule has 0 bridgehead atoms. The number of halogens is 3. The Morgan fingerprint density at radius 1 is 1.13 bits per heavy atom. The van der Waals surface area contributed by atoms with Crippen LogP contribution in [-0.4, -0.2) is 34.2 Å². The van der Waals surface area contributed by atoms with Gasteiger partial charge in [0.1, 0.15) is 5.82 Å². The first-order valence-corrected chi connectivity index (χ1v) is 9.64. The molecule has 1 heterocycles. The Labute approximate surface area is 176 Å². The first-order valence-electron chi connectivity index (χ1n) is 9.64. The molecule has 3 rings (SSSR count). The van der Waals surface area contributed by atoms with Crippen molar-refractivity contribution in [2.24, 2.45) is 11.7 Å². The van der Waals surface area contributed by atoms with Gasteiger partial charge in [-0.05, 0) is 43.9 Å². The molecule has 1 aliphatic rings. The Bertz CT molecular complexity index is 1000. The van der Waals surface area contributed by atoms with Gasteiger partial charge in [0, 0.05) is 17.8 Å². The SMILES string of the molecule is C[C@H](NC(=O)O)[C@@H](Nc1nc(Nc2ccc(F)c(F)c2)c(C(N)=O)cc1F)C1CCC1. The van der Waals surface area contributed by atoms with Gasteiger partial charge < -0.3 is 26.8 Å². The maximum absolute atomic E-state index is 14.7. The zero-order chi connectivity index (χ0) is 22.7. The number of nitrogens with two attached hydrogens (primary N) is 1. The van der Waals surface area contributed by atoms with Gasteiger partial charge in [-0.3, -0.25) is 4.79 Å². The molecule has 0 aliphatic heterocycles. The number of carbonyl (C=O) groups excluding carboxylic acids is 1. The van der Waals surface area contributed by atoms with Crippen molar-refractivity contribution in [3.05, 3.63) is 47.3 Å². The first-order chi connectivity index (χ1) is 14.7. The second-order valence-corrected chi connectivity index (χ2v) is 7.43. The minimum Gasteiger partial charge on any atom is -0.465 e. The third-order valence-electron chi connectivity index (χ3n) is 5.27. The summed E-state index contributed by atoms with van der Waals surface area (Å²) >= 11 is 0. The van der Waals surface area contributed by atoms with E-state index in [1.165, 1.54) is 6.07 Å². The van der Waals surface area contributed by atoms with Gasteiger partial charge in [-0.15, -0.1) is 0 Å². The van der Waals surface area contributed by atoms with Gasteiger partial charge in [0.15, 0.2) is 23.3 Å². The van der Waals surface area contributed by atoms with Gasteiger partial charge in [-0.2, -0.15) is 0 Å². The lowest BCUT2D eigenvalue weighted by molar-refractivity contribution is 0.1000. The molecular formula is C20H22F3N5O3. The van der Waals surface area contributed by atoms with Crippen LogP contribution in [0.3, 0.4) is 0 Å². The fourth-order valence-corrected chi connectivity index (χ4v) is 3.48. The van der Waals surface area contributed by atoms with Crippen LogP contribution in [0.25, 0.3) is 0 Å². The third kappa shape index (κ3) is 5.16. The molecule has 2 aromatic rings. The topological polar surface area (TPSA) is 129 Å². The Hall–Kier alpha value is -3.50. The predicted molar refractivity (Wildman–Crippen MR) is 108 cm³/mol. The molecule has 0 saturated heterocycles. The molecule has 11 heteroatoms. The number of benzene rings is 1. The molecule has 0 radical (unpaired) electrons. The number of pyridine rings is 1. The van der Waals surface area contributed by atoms with Crippen molar-refractivity contribution >= 4 is 29.3 Å². The predicted octanol–water partition coefficient (Wildman–Crippen LogP) is 3.58. The largest absolute Gasteiger partial charge is 0.465 e. The number of aromatic nitrogens is 1. The molecule has 1 aliphatic carbocycles. The Balaban J connectivity index is 1.93. The summed E-state index contributed by atoms with van der Waals surface area (Å²) in [4.78, 5) is 26.9. The third-order valence-corrected chi connectivity index (χ3v) is 5.27. The van der Waals surface area contributed by atoms with Gasteiger partial charge in [0.25, 0.3) is 5.91 Å². The van der Waals surface area contributed by atoms with Crippen molar-refractivity contribution in [2.75, 3.05) is 10.6 Å². The smallest absolute Gasteiger partial charge is 0.404 e. The van der Waals surface area contributed by atoms with Crippen LogP contribution in [-0.2, 0) is 0 Å². The van der Waals surface area contributed by atoms with Crippen molar-refractivity contribution in [3.63, 3.8) is 0 Å². The van der Waals surface area contributed by atoms with Gasteiger partial charge in [0.2, 0.25) is 0 Å². The summed E-state index contributed by atoms with van der Waals surface area (Å²) in [5.41, 5.74) is 5.09. The van der Waals surface area contributed by atoms with E-state index in [9.17, 15) is 22.8 Å².